The quantitative estimate of drug-likeness (QED) is 0.809. The number of benzene rings is 2. The fourth-order valence-electron chi connectivity index (χ4n) is 2.34. The third-order valence-electron chi connectivity index (χ3n) is 3.37. The lowest BCUT2D eigenvalue weighted by atomic mass is 9.98. The van der Waals surface area contributed by atoms with Gasteiger partial charge in [-0.25, -0.2) is 4.39 Å². The highest BCUT2D eigenvalue weighted by molar-refractivity contribution is 6.30. The summed E-state index contributed by atoms with van der Waals surface area (Å²) in [6.45, 7) is 2.97. The molecule has 1 unspecified atom stereocenters. The maximum absolute atomic E-state index is 13.8. The third-order valence-corrected chi connectivity index (χ3v) is 3.61. The topological polar surface area (TPSA) is 12.0 Å². The average Bonchev–Trinajstić information content (AvgIpc) is 2.46. The van der Waals surface area contributed by atoms with Gasteiger partial charge >= 0.3 is 0 Å². The van der Waals surface area contributed by atoms with Gasteiger partial charge in [-0.05, 0) is 42.6 Å². The first kappa shape index (κ1) is 15.0. The fourth-order valence-corrected chi connectivity index (χ4v) is 2.50. The fraction of sp³-hybridized carbons (Fsp3) is 0.294. The van der Waals surface area contributed by atoms with E-state index in [9.17, 15) is 4.39 Å². The first-order chi connectivity index (χ1) is 9.70. The average molecular weight is 292 g/mol. The third kappa shape index (κ3) is 4.06. The Labute approximate surface area is 124 Å². The summed E-state index contributed by atoms with van der Waals surface area (Å²) >= 11 is 5.77. The van der Waals surface area contributed by atoms with E-state index in [-0.39, 0.29) is 11.9 Å². The van der Waals surface area contributed by atoms with E-state index in [2.05, 4.69) is 24.4 Å². The number of halogens is 2. The summed E-state index contributed by atoms with van der Waals surface area (Å²) in [6, 6.07) is 15.4. The summed E-state index contributed by atoms with van der Waals surface area (Å²) < 4.78 is 13.8. The van der Waals surface area contributed by atoms with E-state index in [1.165, 1.54) is 11.6 Å². The predicted octanol–water partition coefficient (Wildman–Crippen LogP) is 4.76. The largest absolute Gasteiger partial charge is 0.310 e. The van der Waals surface area contributed by atoms with E-state index in [1.807, 2.05) is 18.2 Å². The van der Waals surface area contributed by atoms with Gasteiger partial charge in [0.15, 0.2) is 0 Å². The van der Waals surface area contributed by atoms with Crippen LogP contribution in [0.2, 0.25) is 5.02 Å². The van der Waals surface area contributed by atoms with Gasteiger partial charge < -0.3 is 5.32 Å². The number of nitrogens with one attached hydrogen (secondary N) is 1. The molecule has 2 aromatic rings. The molecule has 0 aliphatic heterocycles. The molecule has 1 atom stereocenters. The minimum Gasteiger partial charge on any atom is -0.310 e. The molecular formula is C17H19ClFN. The molecule has 0 saturated carbocycles. The molecule has 0 radical (unpaired) electrons. The van der Waals surface area contributed by atoms with Crippen LogP contribution in [-0.4, -0.2) is 6.54 Å². The van der Waals surface area contributed by atoms with E-state index in [0.29, 0.717) is 17.0 Å². The molecule has 3 heteroatoms. The molecule has 1 N–H and O–H groups in total. The van der Waals surface area contributed by atoms with Gasteiger partial charge in [-0.15, -0.1) is 0 Å². The molecule has 0 saturated heterocycles. The van der Waals surface area contributed by atoms with Crippen LogP contribution in [0.1, 0.15) is 30.5 Å². The summed E-state index contributed by atoms with van der Waals surface area (Å²) in [5.74, 6) is -0.221. The molecule has 2 aromatic carbocycles. The van der Waals surface area contributed by atoms with Crippen LogP contribution in [0.5, 0.6) is 0 Å². The maximum Gasteiger partial charge on any atom is 0.127 e. The molecule has 0 spiro atoms. The van der Waals surface area contributed by atoms with E-state index >= 15 is 0 Å². The van der Waals surface area contributed by atoms with Gasteiger partial charge in [-0.1, -0.05) is 54.9 Å². The first-order valence-electron chi connectivity index (χ1n) is 6.93. The van der Waals surface area contributed by atoms with Gasteiger partial charge in [0.05, 0.1) is 0 Å². The Hall–Kier alpha value is -1.38. The zero-order valence-corrected chi connectivity index (χ0v) is 12.3. The number of hydrogen-bond donors (Lipinski definition) is 1. The highest BCUT2D eigenvalue weighted by Crippen LogP contribution is 2.21. The normalized spacial score (nSPS) is 12.3. The van der Waals surface area contributed by atoms with Crippen LogP contribution in [0.3, 0.4) is 0 Å². The lowest BCUT2D eigenvalue weighted by Crippen LogP contribution is -2.21. The van der Waals surface area contributed by atoms with Gasteiger partial charge in [0, 0.05) is 11.1 Å². The highest BCUT2D eigenvalue weighted by Gasteiger charge is 2.11. The Kier molecular flexibility index (Phi) is 5.57. The van der Waals surface area contributed by atoms with Crippen LogP contribution < -0.4 is 5.32 Å². The van der Waals surface area contributed by atoms with Crippen molar-refractivity contribution in [1.29, 1.82) is 0 Å². The molecule has 0 bridgehead atoms. The minimum atomic E-state index is -0.221. The zero-order valence-electron chi connectivity index (χ0n) is 11.6. The van der Waals surface area contributed by atoms with Crippen LogP contribution in [0.25, 0.3) is 0 Å². The van der Waals surface area contributed by atoms with Crippen molar-refractivity contribution in [2.75, 3.05) is 6.54 Å². The second-order valence-corrected chi connectivity index (χ2v) is 5.23. The first-order valence-corrected chi connectivity index (χ1v) is 7.30. The van der Waals surface area contributed by atoms with Gasteiger partial charge in [0.1, 0.15) is 5.82 Å². The second kappa shape index (κ2) is 7.41. The SMILES string of the molecule is CCNC(CCc1ccc(Cl)cc1F)c1ccccc1. The molecule has 0 aliphatic rings. The van der Waals surface area contributed by atoms with Crippen molar-refractivity contribution >= 4 is 11.6 Å². The van der Waals surface area contributed by atoms with Crippen molar-refractivity contribution in [2.45, 2.75) is 25.8 Å². The van der Waals surface area contributed by atoms with Crippen molar-refractivity contribution in [3.63, 3.8) is 0 Å². The molecule has 0 aromatic heterocycles. The Morgan fingerprint density at radius 3 is 2.55 bits per heavy atom. The predicted molar refractivity (Wildman–Crippen MR) is 82.6 cm³/mol. The van der Waals surface area contributed by atoms with Crippen molar-refractivity contribution in [1.82, 2.24) is 5.32 Å². The van der Waals surface area contributed by atoms with Crippen LogP contribution in [0.4, 0.5) is 4.39 Å². The Bertz CT molecular complexity index is 542. The molecule has 20 heavy (non-hydrogen) atoms. The molecule has 106 valence electrons. The highest BCUT2D eigenvalue weighted by atomic mass is 35.5. The molecular weight excluding hydrogens is 273 g/mol. The van der Waals surface area contributed by atoms with Crippen molar-refractivity contribution in [3.8, 4) is 0 Å². The molecule has 1 nitrogen and oxygen atoms in total. The summed E-state index contributed by atoms with van der Waals surface area (Å²) in [5, 5.41) is 3.89. The van der Waals surface area contributed by atoms with E-state index < -0.39 is 0 Å². The molecule has 0 amide bonds. The zero-order chi connectivity index (χ0) is 14.4. The smallest absolute Gasteiger partial charge is 0.127 e. The van der Waals surface area contributed by atoms with Gasteiger partial charge in [-0.2, -0.15) is 0 Å². The van der Waals surface area contributed by atoms with Gasteiger partial charge in [0.25, 0.3) is 0 Å². The second-order valence-electron chi connectivity index (χ2n) is 4.80. The van der Waals surface area contributed by atoms with E-state index in [0.717, 1.165) is 13.0 Å². The Morgan fingerprint density at radius 2 is 1.90 bits per heavy atom. The molecule has 0 aliphatic carbocycles. The van der Waals surface area contributed by atoms with E-state index in [4.69, 9.17) is 11.6 Å². The number of aryl methyl sites for hydroxylation is 1. The maximum atomic E-state index is 13.8. The molecule has 0 heterocycles. The Morgan fingerprint density at radius 1 is 1.15 bits per heavy atom. The van der Waals surface area contributed by atoms with E-state index in [1.54, 1.807) is 12.1 Å². The van der Waals surface area contributed by atoms with Gasteiger partial charge in [-0.3, -0.25) is 0 Å². The summed E-state index contributed by atoms with van der Waals surface area (Å²) in [6.07, 6.45) is 1.55. The van der Waals surface area contributed by atoms with Crippen LogP contribution in [0, 0.1) is 5.82 Å². The summed E-state index contributed by atoms with van der Waals surface area (Å²) in [7, 11) is 0. The molecule has 0 fully saturated rings. The van der Waals surface area contributed by atoms with Crippen LogP contribution in [0.15, 0.2) is 48.5 Å². The number of rotatable bonds is 6. The summed E-state index contributed by atoms with van der Waals surface area (Å²) in [4.78, 5) is 0. The van der Waals surface area contributed by atoms with Crippen molar-refractivity contribution < 1.29 is 4.39 Å². The van der Waals surface area contributed by atoms with Crippen LogP contribution in [-0.2, 0) is 6.42 Å². The minimum absolute atomic E-state index is 0.221. The summed E-state index contributed by atoms with van der Waals surface area (Å²) in [5.41, 5.74) is 1.96. The van der Waals surface area contributed by atoms with Gasteiger partial charge in [0.2, 0.25) is 0 Å². The standard InChI is InChI=1S/C17H19ClFN/c1-2-20-17(14-6-4-3-5-7-14)11-9-13-8-10-15(18)12-16(13)19/h3-8,10,12,17,20H,2,9,11H2,1H3. The lowest BCUT2D eigenvalue weighted by molar-refractivity contribution is 0.507. The monoisotopic (exact) mass is 291 g/mol. The van der Waals surface area contributed by atoms with Crippen LogP contribution >= 0.6 is 11.6 Å². The number of hydrogen-bond acceptors (Lipinski definition) is 1. The van der Waals surface area contributed by atoms with Crippen molar-refractivity contribution in [3.05, 3.63) is 70.5 Å². The Balaban J connectivity index is 2.06. The molecule has 2 rings (SSSR count). The van der Waals surface area contributed by atoms with Crippen molar-refractivity contribution in [2.24, 2.45) is 0 Å². The lowest BCUT2D eigenvalue weighted by Gasteiger charge is -2.18.